The van der Waals surface area contributed by atoms with Crippen molar-refractivity contribution in [3.05, 3.63) is 58.1 Å². The Morgan fingerprint density at radius 1 is 0.923 bits per heavy atom. The molecule has 2 aromatic carbocycles. The molecule has 0 atom stereocenters. The first-order chi connectivity index (χ1) is 12.6. The first-order valence-corrected chi connectivity index (χ1v) is 9.71. The van der Waals surface area contributed by atoms with Crippen LogP contribution in [0, 0.1) is 0 Å². The van der Waals surface area contributed by atoms with Crippen LogP contribution in [0.3, 0.4) is 0 Å². The van der Waals surface area contributed by atoms with Crippen molar-refractivity contribution in [2.45, 2.75) is 18.9 Å². The fourth-order valence-corrected chi connectivity index (χ4v) is 3.68. The summed E-state index contributed by atoms with van der Waals surface area (Å²) < 4.78 is 0. The molecule has 2 fully saturated rings. The summed E-state index contributed by atoms with van der Waals surface area (Å²) >= 11 is 11.9. The van der Waals surface area contributed by atoms with Crippen molar-refractivity contribution >= 4 is 40.5 Å². The number of hydrogen-bond acceptors (Lipinski definition) is 3. The SMILES string of the molecule is O=C(Nc1ccc(N2CCN(C3CC3)CC2)cc1)c1ccc(Cl)c(Cl)c1. The summed E-state index contributed by atoms with van der Waals surface area (Å²) in [7, 11) is 0. The number of nitrogens with one attached hydrogen (secondary N) is 1. The molecule has 6 heteroatoms. The second kappa shape index (κ2) is 7.47. The van der Waals surface area contributed by atoms with Crippen LogP contribution in [-0.4, -0.2) is 43.0 Å². The minimum atomic E-state index is -0.200. The largest absolute Gasteiger partial charge is 0.369 e. The minimum absolute atomic E-state index is 0.200. The van der Waals surface area contributed by atoms with Gasteiger partial charge < -0.3 is 10.2 Å². The van der Waals surface area contributed by atoms with Gasteiger partial charge in [-0.15, -0.1) is 0 Å². The normalized spacial score (nSPS) is 18.0. The lowest BCUT2D eigenvalue weighted by atomic mass is 10.2. The maximum atomic E-state index is 12.3. The van der Waals surface area contributed by atoms with Gasteiger partial charge in [-0.3, -0.25) is 9.69 Å². The first-order valence-electron chi connectivity index (χ1n) is 8.95. The molecule has 1 amide bonds. The predicted molar refractivity (Wildman–Crippen MR) is 108 cm³/mol. The summed E-state index contributed by atoms with van der Waals surface area (Å²) in [6.45, 7) is 4.40. The van der Waals surface area contributed by atoms with E-state index in [1.54, 1.807) is 18.2 Å². The molecule has 26 heavy (non-hydrogen) atoms. The number of halogens is 2. The van der Waals surface area contributed by atoms with Crippen LogP contribution in [-0.2, 0) is 0 Å². The lowest BCUT2D eigenvalue weighted by Crippen LogP contribution is -2.47. The monoisotopic (exact) mass is 389 g/mol. The van der Waals surface area contributed by atoms with Gasteiger partial charge in [0.1, 0.15) is 0 Å². The Bertz CT molecular complexity index is 797. The average molecular weight is 390 g/mol. The quantitative estimate of drug-likeness (QED) is 0.833. The van der Waals surface area contributed by atoms with Gasteiger partial charge in [0.2, 0.25) is 0 Å². The van der Waals surface area contributed by atoms with E-state index in [0.717, 1.165) is 37.9 Å². The number of amides is 1. The fourth-order valence-electron chi connectivity index (χ4n) is 3.38. The molecule has 1 saturated carbocycles. The van der Waals surface area contributed by atoms with E-state index in [0.29, 0.717) is 15.6 Å². The van der Waals surface area contributed by atoms with Crippen LogP contribution in [0.4, 0.5) is 11.4 Å². The van der Waals surface area contributed by atoms with Crippen LogP contribution < -0.4 is 10.2 Å². The number of carbonyl (C=O) groups is 1. The Hall–Kier alpha value is -1.75. The molecule has 4 rings (SSSR count). The lowest BCUT2D eigenvalue weighted by molar-refractivity contribution is 0.102. The molecule has 1 heterocycles. The Balaban J connectivity index is 1.36. The van der Waals surface area contributed by atoms with Gasteiger partial charge in [0.05, 0.1) is 10.0 Å². The third-order valence-electron chi connectivity index (χ3n) is 5.05. The van der Waals surface area contributed by atoms with Gasteiger partial charge in [0.15, 0.2) is 0 Å². The lowest BCUT2D eigenvalue weighted by Gasteiger charge is -2.36. The highest BCUT2D eigenvalue weighted by Crippen LogP contribution is 2.29. The van der Waals surface area contributed by atoms with Gasteiger partial charge in [0, 0.05) is 49.2 Å². The van der Waals surface area contributed by atoms with Crippen LogP contribution in [0.15, 0.2) is 42.5 Å². The second-order valence-corrected chi connectivity index (χ2v) is 7.70. The number of anilines is 2. The zero-order chi connectivity index (χ0) is 18.1. The smallest absolute Gasteiger partial charge is 0.255 e. The fraction of sp³-hybridized carbons (Fsp3) is 0.350. The molecule has 1 N–H and O–H groups in total. The highest BCUT2D eigenvalue weighted by Gasteiger charge is 2.31. The Kier molecular flexibility index (Phi) is 5.07. The molecule has 0 bridgehead atoms. The van der Waals surface area contributed by atoms with E-state index in [9.17, 15) is 4.79 Å². The highest BCUT2D eigenvalue weighted by molar-refractivity contribution is 6.42. The summed E-state index contributed by atoms with van der Waals surface area (Å²) in [5.74, 6) is -0.200. The van der Waals surface area contributed by atoms with E-state index in [1.165, 1.54) is 18.5 Å². The van der Waals surface area contributed by atoms with Crippen LogP contribution >= 0.6 is 23.2 Å². The van der Waals surface area contributed by atoms with Crippen molar-refractivity contribution < 1.29 is 4.79 Å². The van der Waals surface area contributed by atoms with Gasteiger partial charge in [-0.05, 0) is 55.3 Å². The molecule has 136 valence electrons. The van der Waals surface area contributed by atoms with Gasteiger partial charge in [-0.2, -0.15) is 0 Å². The summed E-state index contributed by atoms with van der Waals surface area (Å²) in [6, 6.07) is 13.7. The van der Waals surface area contributed by atoms with Gasteiger partial charge >= 0.3 is 0 Å². The molecular weight excluding hydrogens is 369 g/mol. The maximum absolute atomic E-state index is 12.3. The number of hydrogen-bond donors (Lipinski definition) is 1. The van der Waals surface area contributed by atoms with Crippen molar-refractivity contribution in [2.24, 2.45) is 0 Å². The van der Waals surface area contributed by atoms with Gasteiger partial charge in [-0.1, -0.05) is 23.2 Å². The Morgan fingerprint density at radius 2 is 1.62 bits per heavy atom. The summed E-state index contributed by atoms with van der Waals surface area (Å²) in [5.41, 5.74) is 2.45. The molecule has 1 aliphatic heterocycles. The molecule has 0 radical (unpaired) electrons. The molecule has 0 unspecified atom stereocenters. The van der Waals surface area contributed by atoms with Crippen LogP contribution in [0.1, 0.15) is 23.2 Å². The van der Waals surface area contributed by atoms with Crippen LogP contribution in [0.5, 0.6) is 0 Å². The van der Waals surface area contributed by atoms with Crippen molar-refractivity contribution in [1.82, 2.24) is 4.90 Å². The number of nitrogens with zero attached hydrogens (tertiary/aromatic N) is 2. The zero-order valence-electron chi connectivity index (χ0n) is 14.4. The van der Waals surface area contributed by atoms with E-state index in [-0.39, 0.29) is 5.91 Å². The van der Waals surface area contributed by atoms with E-state index >= 15 is 0 Å². The van der Waals surface area contributed by atoms with Crippen LogP contribution in [0.2, 0.25) is 10.0 Å². The Labute approximate surface area is 163 Å². The summed E-state index contributed by atoms with van der Waals surface area (Å²) in [5, 5.41) is 3.71. The topological polar surface area (TPSA) is 35.6 Å². The molecule has 2 aromatic rings. The molecular formula is C20H21Cl2N3O. The van der Waals surface area contributed by atoms with Gasteiger partial charge in [-0.25, -0.2) is 0 Å². The van der Waals surface area contributed by atoms with Gasteiger partial charge in [0.25, 0.3) is 5.91 Å². The standard InChI is InChI=1S/C20H21Cl2N3O/c21-18-8-1-14(13-19(18)22)20(26)23-15-2-4-16(5-3-15)24-9-11-25(12-10-24)17-6-7-17/h1-5,8,13,17H,6-7,9-12H2,(H,23,26). The Morgan fingerprint density at radius 3 is 2.23 bits per heavy atom. The summed E-state index contributed by atoms with van der Waals surface area (Å²) in [4.78, 5) is 17.3. The molecule has 0 aromatic heterocycles. The van der Waals surface area contributed by atoms with E-state index in [2.05, 4.69) is 27.2 Å². The third-order valence-corrected chi connectivity index (χ3v) is 5.79. The number of piperazine rings is 1. The highest BCUT2D eigenvalue weighted by atomic mass is 35.5. The molecule has 1 aliphatic carbocycles. The first kappa shape index (κ1) is 17.7. The maximum Gasteiger partial charge on any atom is 0.255 e. The van der Waals surface area contributed by atoms with Crippen molar-refractivity contribution in [1.29, 1.82) is 0 Å². The van der Waals surface area contributed by atoms with E-state index in [1.807, 2.05) is 12.1 Å². The number of carbonyl (C=O) groups excluding carboxylic acids is 1. The molecule has 1 saturated heterocycles. The third kappa shape index (κ3) is 3.98. The molecule has 4 nitrogen and oxygen atoms in total. The molecule has 2 aliphatic rings. The van der Waals surface area contributed by atoms with E-state index < -0.39 is 0 Å². The minimum Gasteiger partial charge on any atom is -0.369 e. The van der Waals surface area contributed by atoms with Crippen molar-refractivity contribution in [3.8, 4) is 0 Å². The average Bonchev–Trinajstić information content (AvgIpc) is 3.50. The summed E-state index contributed by atoms with van der Waals surface area (Å²) in [6.07, 6.45) is 2.74. The number of rotatable bonds is 4. The molecule has 0 spiro atoms. The number of benzene rings is 2. The zero-order valence-corrected chi connectivity index (χ0v) is 15.9. The second-order valence-electron chi connectivity index (χ2n) is 6.88. The predicted octanol–water partition coefficient (Wildman–Crippen LogP) is 4.53. The van der Waals surface area contributed by atoms with Crippen molar-refractivity contribution in [3.63, 3.8) is 0 Å². The van der Waals surface area contributed by atoms with Crippen molar-refractivity contribution in [2.75, 3.05) is 36.4 Å². The van der Waals surface area contributed by atoms with Crippen LogP contribution in [0.25, 0.3) is 0 Å². The van der Waals surface area contributed by atoms with E-state index in [4.69, 9.17) is 23.2 Å².